The topological polar surface area (TPSA) is 72.2 Å². The number of fused-ring (bicyclic) bond motifs is 19. The molecule has 0 saturated carbocycles. The summed E-state index contributed by atoms with van der Waals surface area (Å²) in [4.78, 5) is 0. The van der Waals surface area contributed by atoms with Gasteiger partial charge in [0.25, 0.3) is 0 Å². The van der Waals surface area contributed by atoms with Crippen LogP contribution in [0.4, 0.5) is 0 Å². The van der Waals surface area contributed by atoms with Crippen molar-refractivity contribution in [2.75, 3.05) is 0 Å². The fraction of sp³-hybridized carbons (Fsp3) is 0. The Morgan fingerprint density at radius 3 is 1.09 bits per heavy atom. The number of nitrogens with zero attached hydrogens (tertiary/aromatic N) is 7. The van der Waals surface area contributed by atoms with Crippen LogP contribution in [0.5, 0.6) is 0 Å². The molecule has 88 heavy (non-hydrogen) atoms. The Balaban J connectivity index is 1.09. The van der Waals surface area contributed by atoms with Crippen molar-refractivity contribution in [3.05, 3.63) is 284 Å². The van der Waals surface area contributed by atoms with E-state index in [9.17, 15) is 10.5 Å². The quantitative estimate of drug-likeness (QED) is 0.166. The summed E-state index contributed by atoms with van der Waals surface area (Å²) in [7, 11) is 0. The largest absolute Gasteiger partial charge is 0.309 e. The lowest BCUT2D eigenvalue weighted by Gasteiger charge is -2.27. The predicted molar refractivity (Wildman–Crippen MR) is 366 cm³/mol. The van der Waals surface area contributed by atoms with E-state index in [1.807, 2.05) is 0 Å². The number of hydrogen-bond acceptors (Lipinski definition) is 3. The van der Waals surface area contributed by atoms with Gasteiger partial charge in [0.05, 0.1) is 82.6 Å². The Morgan fingerprint density at radius 2 is 0.614 bits per heavy atom. The number of para-hydroxylation sites is 9. The van der Waals surface area contributed by atoms with Crippen LogP contribution in [0.1, 0.15) is 11.1 Å². The Bertz CT molecular complexity index is 6180. The second-order valence-electron chi connectivity index (χ2n) is 22.9. The number of benzene rings is 13. The molecule has 0 aliphatic heterocycles. The zero-order chi connectivity index (χ0) is 57.9. The highest BCUT2D eigenvalue weighted by Gasteiger charge is 2.35. The zero-order valence-electron chi connectivity index (χ0n) is 47.0. The molecule has 0 amide bonds. The van der Waals surface area contributed by atoms with Crippen molar-refractivity contribution in [1.29, 1.82) is 10.5 Å². The Hall–Kier alpha value is -11.9. The second-order valence-corrected chi connectivity index (χ2v) is 23.9. The molecule has 8 heteroatoms. The van der Waals surface area contributed by atoms with Crippen molar-refractivity contribution in [2.24, 2.45) is 0 Å². The number of nitriles is 2. The summed E-state index contributed by atoms with van der Waals surface area (Å²) in [5.74, 6) is 0. The minimum atomic E-state index is 0.410. The van der Waals surface area contributed by atoms with Crippen LogP contribution >= 0.6 is 11.3 Å². The van der Waals surface area contributed by atoms with Gasteiger partial charge in [0.15, 0.2) is 0 Å². The molecule has 13 aromatic carbocycles. The third-order valence-electron chi connectivity index (χ3n) is 18.5. The summed E-state index contributed by atoms with van der Waals surface area (Å²) < 4.78 is 13.9. The number of hydrogen-bond donors (Lipinski definition) is 0. The van der Waals surface area contributed by atoms with Gasteiger partial charge in [-0.1, -0.05) is 206 Å². The Labute approximate surface area is 506 Å². The normalized spacial score (nSPS) is 12.1. The molecule has 6 heterocycles. The lowest BCUT2D eigenvalue weighted by atomic mass is 9.98. The first kappa shape index (κ1) is 48.4. The van der Waals surface area contributed by atoms with Crippen molar-refractivity contribution in [3.63, 3.8) is 0 Å². The molecular weight excluding hydrogens is 1090 g/mol. The molecule has 7 nitrogen and oxygen atoms in total. The van der Waals surface area contributed by atoms with Crippen LogP contribution in [-0.2, 0) is 0 Å². The number of aromatic nitrogens is 5. The summed E-state index contributed by atoms with van der Waals surface area (Å²) in [6.45, 7) is 0. The highest BCUT2D eigenvalue weighted by Crippen LogP contribution is 2.51. The maximum Gasteiger partial charge on any atom is 0.104 e. The molecule has 0 bridgehead atoms. The molecule has 0 radical (unpaired) electrons. The fourth-order valence-electron chi connectivity index (χ4n) is 15.0. The van der Waals surface area contributed by atoms with Crippen molar-refractivity contribution >= 4 is 141 Å². The van der Waals surface area contributed by atoms with Crippen molar-refractivity contribution in [3.8, 4) is 51.7 Å². The van der Waals surface area contributed by atoms with E-state index in [1.165, 1.54) is 5.39 Å². The number of rotatable bonds is 6. The third-order valence-corrected chi connectivity index (χ3v) is 19.7. The molecule has 19 rings (SSSR count). The van der Waals surface area contributed by atoms with Gasteiger partial charge in [0.2, 0.25) is 0 Å². The molecule has 6 aromatic heterocycles. The summed E-state index contributed by atoms with van der Waals surface area (Å²) in [6, 6.07) is 103. The first-order valence-corrected chi connectivity index (χ1v) is 30.4. The van der Waals surface area contributed by atoms with E-state index in [4.69, 9.17) is 0 Å². The van der Waals surface area contributed by atoms with E-state index in [-0.39, 0.29) is 0 Å². The van der Waals surface area contributed by atoms with Crippen LogP contribution in [0.2, 0.25) is 0 Å². The van der Waals surface area contributed by atoms with Gasteiger partial charge in [-0.3, -0.25) is 0 Å². The zero-order valence-corrected chi connectivity index (χ0v) is 47.8. The SMILES string of the molecule is N#Cc1c(-n2c3ccccc3c3ccccc32)c(-n2c3ccccc3c3ccccc32)c(C#N)c(-n2c3cc(-c4cccc5c6ccccc6n(-c6ccccc6)c45)ccc3c3ccc4c5ccccc5sc4c32)c1-n1c2ccccc2c2ccccc21. The molecule has 19 aromatic rings. The Morgan fingerprint density at radius 1 is 0.261 bits per heavy atom. The average Bonchev–Trinajstić information content (AvgIpc) is 1.46. The monoisotopic (exact) mass is 1140 g/mol. The summed E-state index contributed by atoms with van der Waals surface area (Å²) in [5.41, 5.74) is 16.0. The predicted octanol–water partition coefficient (Wildman–Crippen LogP) is 21.0. The first-order valence-electron chi connectivity index (χ1n) is 29.6. The van der Waals surface area contributed by atoms with E-state index in [2.05, 4.69) is 308 Å². The molecular formula is C80H45N7S. The Kier molecular flexibility index (Phi) is 10.1. The molecule has 0 N–H and O–H groups in total. The highest BCUT2D eigenvalue weighted by molar-refractivity contribution is 7.26. The lowest BCUT2D eigenvalue weighted by Crippen LogP contribution is -2.16. The molecule has 406 valence electrons. The van der Waals surface area contributed by atoms with E-state index >= 15 is 0 Å². The van der Waals surface area contributed by atoms with Crippen molar-refractivity contribution in [2.45, 2.75) is 0 Å². The van der Waals surface area contributed by atoms with Gasteiger partial charge in [-0.15, -0.1) is 11.3 Å². The summed E-state index contributed by atoms with van der Waals surface area (Å²) in [5, 5.41) is 39.1. The second kappa shape index (κ2) is 18.3. The molecule has 0 fully saturated rings. The smallest absolute Gasteiger partial charge is 0.104 e. The summed E-state index contributed by atoms with van der Waals surface area (Å²) >= 11 is 1.77. The number of thiophene rings is 1. The van der Waals surface area contributed by atoms with Gasteiger partial charge in [0.1, 0.15) is 23.3 Å². The van der Waals surface area contributed by atoms with Gasteiger partial charge in [-0.25, -0.2) is 0 Å². The molecule has 0 atom stereocenters. The maximum atomic E-state index is 13.2. The highest BCUT2D eigenvalue weighted by atomic mass is 32.1. The molecule has 0 unspecified atom stereocenters. The van der Waals surface area contributed by atoms with Crippen molar-refractivity contribution in [1.82, 2.24) is 22.8 Å². The molecule has 0 aliphatic rings. The summed E-state index contributed by atoms with van der Waals surface area (Å²) in [6.07, 6.45) is 0. The van der Waals surface area contributed by atoms with Gasteiger partial charge < -0.3 is 22.8 Å². The average molecular weight is 1140 g/mol. The van der Waals surface area contributed by atoms with Crippen LogP contribution in [-0.4, -0.2) is 22.8 Å². The fourth-order valence-corrected chi connectivity index (χ4v) is 16.3. The van der Waals surface area contributed by atoms with E-state index in [0.717, 1.165) is 141 Å². The minimum Gasteiger partial charge on any atom is -0.309 e. The molecule has 0 saturated heterocycles. The van der Waals surface area contributed by atoms with E-state index in [0.29, 0.717) is 33.9 Å². The van der Waals surface area contributed by atoms with Crippen molar-refractivity contribution < 1.29 is 0 Å². The van der Waals surface area contributed by atoms with E-state index < -0.39 is 0 Å². The molecule has 0 aliphatic carbocycles. The maximum absolute atomic E-state index is 13.2. The van der Waals surface area contributed by atoms with Gasteiger partial charge >= 0.3 is 0 Å². The van der Waals surface area contributed by atoms with Crippen LogP contribution in [0, 0.1) is 22.7 Å². The standard InChI is InChI=1S/C80H45N7S/c81-46-63-75(84-66-34-13-4-23-51(66)52-24-5-14-35-67(52)84)76(85-68-36-15-6-25-53(68)54-26-7-16-37-69(54)85)64(47-82)78(77(63)86-70-38-17-8-27-55(70)56-28-9-18-39-71(56)86)87-72-45-48(41-42-58(72)61-43-44-62-59-30-11-19-40-73(59)88-80(62)79(61)87)50-31-20-32-60-57-29-10-12-33-65(57)83(74(50)60)49-21-2-1-3-22-49/h1-45H. The van der Waals surface area contributed by atoms with Crippen LogP contribution < -0.4 is 0 Å². The van der Waals surface area contributed by atoms with Crippen LogP contribution in [0.15, 0.2) is 273 Å². The lowest BCUT2D eigenvalue weighted by molar-refractivity contribution is 1.03. The van der Waals surface area contributed by atoms with Gasteiger partial charge in [-0.05, 0) is 72.3 Å². The minimum absolute atomic E-state index is 0.410. The van der Waals surface area contributed by atoms with Crippen LogP contribution in [0.25, 0.3) is 169 Å². The molecule has 0 spiro atoms. The van der Waals surface area contributed by atoms with E-state index in [1.54, 1.807) is 11.3 Å². The van der Waals surface area contributed by atoms with Gasteiger partial charge in [0, 0.05) is 80.6 Å². The third kappa shape index (κ3) is 6.42. The first-order chi connectivity index (χ1) is 43.7. The van der Waals surface area contributed by atoms with Crippen LogP contribution in [0.3, 0.4) is 0 Å². The van der Waals surface area contributed by atoms with Gasteiger partial charge in [-0.2, -0.15) is 10.5 Å².